The zero-order valence-electron chi connectivity index (χ0n) is 15.8. The van der Waals surface area contributed by atoms with Gasteiger partial charge in [-0.05, 0) is 41.3 Å². The molecule has 0 radical (unpaired) electrons. The summed E-state index contributed by atoms with van der Waals surface area (Å²) in [4.78, 5) is 14.5. The van der Waals surface area contributed by atoms with E-state index in [4.69, 9.17) is 25.8 Å². The third kappa shape index (κ3) is 4.54. The van der Waals surface area contributed by atoms with E-state index in [2.05, 4.69) is 6.92 Å². The van der Waals surface area contributed by atoms with Crippen LogP contribution in [0.5, 0.6) is 11.5 Å². The number of ether oxygens (including phenoxy) is 3. The second-order valence-electron chi connectivity index (χ2n) is 6.80. The Balaban J connectivity index is 1.50. The van der Waals surface area contributed by atoms with Crippen LogP contribution in [0.2, 0.25) is 5.02 Å². The Bertz CT molecular complexity index is 807. The second kappa shape index (κ2) is 8.63. The smallest absolute Gasteiger partial charge is 0.254 e. The Morgan fingerprint density at radius 3 is 2.56 bits per heavy atom. The third-order valence-electron chi connectivity index (χ3n) is 4.62. The van der Waals surface area contributed by atoms with Crippen LogP contribution in [0.15, 0.2) is 36.4 Å². The maximum atomic E-state index is 12.6. The number of fused-ring (bicyclic) bond motifs is 1. The number of hydrogen-bond acceptors (Lipinski definition) is 4. The molecule has 2 aromatic carbocycles. The summed E-state index contributed by atoms with van der Waals surface area (Å²) in [5.74, 6) is 1.60. The molecule has 1 heterocycles. The van der Waals surface area contributed by atoms with Crippen molar-refractivity contribution in [2.75, 3.05) is 27.4 Å². The van der Waals surface area contributed by atoms with Crippen LogP contribution in [0.25, 0.3) is 0 Å². The van der Waals surface area contributed by atoms with E-state index in [9.17, 15) is 4.79 Å². The number of methoxy groups -OCH3 is 2. The largest absolute Gasteiger partial charge is 0.497 e. The number of benzene rings is 2. The molecule has 0 aromatic heterocycles. The van der Waals surface area contributed by atoms with E-state index in [1.807, 2.05) is 35.2 Å². The fourth-order valence-electron chi connectivity index (χ4n) is 3.20. The molecule has 1 amide bonds. The fourth-order valence-corrected chi connectivity index (χ4v) is 3.47. The molecule has 1 aliphatic rings. The monoisotopic (exact) mass is 389 g/mol. The van der Waals surface area contributed by atoms with Crippen molar-refractivity contribution in [3.05, 3.63) is 58.1 Å². The first-order chi connectivity index (χ1) is 13.0. The van der Waals surface area contributed by atoms with Crippen LogP contribution in [-0.4, -0.2) is 38.2 Å². The Kier molecular flexibility index (Phi) is 6.24. The quantitative estimate of drug-likeness (QED) is 0.680. The predicted molar refractivity (Wildman–Crippen MR) is 105 cm³/mol. The Morgan fingerprint density at radius 1 is 1.15 bits per heavy atom. The van der Waals surface area contributed by atoms with Gasteiger partial charge >= 0.3 is 0 Å². The van der Waals surface area contributed by atoms with Gasteiger partial charge in [0.15, 0.2) is 0 Å². The summed E-state index contributed by atoms with van der Waals surface area (Å²) in [6.07, 6.45) is 0. The van der Waals surface area contributed by atoms with Crippen molar-refractivity contribution in [3.8, 4) is 11.5 Å². The number of carbonyl (C=O) groups excluding carboxylic acids is 1. The summed E-state index contributed by atoms with van der Waals surface area (Å²) in [7, 11) is 3.20. The maximum Gasteiger partial charge on any atom is 0.254 e. The molecular weight excluding hydrogens is 366 g/mol. The van der Waals surface area contributed by atoms with Crippen molar-refractivity contribution in [2.45, 2.75) is 20.1 Å². The molecule has 144 valence electrons. The lowest BCUT2D eigenvalue weighted by Gasteiger charge is -2.20. The molecule has 1 atom stereocenters. The molecule has 3 rings (SSSR count). The van der Waals surface area contributed by atoms with Gasteiger partial charge in [-0.1, -0.05) is 30.7 Å². The Hall–Kier alpha value is -2.24. The highest BCUT2D eigenvalue weighted by molar-refractivity contribution is 6.32. The molecule has 0 saturated heterocycles. The topological polar surface area (TPSA) is 48.0 Å². The number of nitrogens with zero attached hydrogens (tertiary/aromatic N) is 1. The molecule has 0 fully saturated rings. The molecule has 2 aromatic rings. The second-order valence-corrected chi connectivity index (χ2v) is 7.21. The van der Waals surface area contributed by atoms with E-state index in [-0.39, 0.29) is 11.8 Å². The Labute approximate surface area is 164 Å². The number of carbonyl (C=O) groups is 1. The summed E-state index contributed by atoms with van der Waals surface area (Å²) < 4.78 is 16.2. The maximum absolute atomic E-state index is 12.6. The van der Waals surface area contributed by atoms with E-state index in [1.54, 1.807) is 20.3 Å². The summed E-state index contributed by atoms with van der Waals surface area (Å²) >= 11 is 6.17. The Morgan fingerprint density at radius 2 is 1.89 bits per heavy atom. The summed E-state index contributed by atoms with van der Waals surface area (Å²) in [6.45, 7) is 4.40. The molecule has 0 saturated carbocycles. The molecule has 0 bridgehead atoms. The zero-order chi connectivity index (χ0) is 19.4. The van der Waals surface area contributed by atoms with E-state index in [1.165, 1.54) is 0 Å². The van der Waals surface area contributed by atoms with Gasteiger partial charge in [-0.2, -0.15) is 0 Å². The molecule has 1 aliphatic heterocycles. The van der Waals surface area contributed by atoms with Crippen LogP contribution >= 0.6 is 11.6 Å². The van der Waals surface area contributed by atoms with E-state index in [0.29, 0.717) is 42.6 Å². The van der Waals surface area contributed by atoms with Crippen LogP contribution in [-0.2, 0) is 17.9 Å². The van der Waals surface area contributed by atoms with Gasteiger partial charge in [0.1, 0.15) is 11.5 Å². The fraction of sp³-hybridized carbons (Fsp3) is 0.381. The van der Waals surface area contributed by atoms with Gasteiger partial charge < -0.3 is 19.1 Å². The van der Waals surface area contributed by atoms with Crippen LogP contribution in [0.4, 0.5) is 0 Å². The van der Waals surface area contributed by atoms with Gasteiger partial charge in [0.05, 0.1) is 32.5 Å². The standard InChI is InChI=1S/C21H24ClNO4/c1-14(12-27-13-15-4-6-17(25-2)7-5-15)10-23-11-16-8-19(22)20(26-3)9-18(16)21(23)24/h4-9,14H,10-13H2,1-3H3/t14-/m1/s1. The normalized spacial score (nSPS) is 14.2. The minimum atomic E-state index is 0.0157. The molecule has 27 heavy (non-hydrogen) atoms. The summed E-state index contributed by atoms with van der Waals surface area (Å²) in [5.41, 5.74) is 2.70. The SMILES string of the molecule is COc1ccc(COC[C@H](C)CN2Cc3cc(Cl)c(OC)cc3C2=O)cc1. The minimum Gasteiger partial charge on any atom is -0.497 e. The number of halogens is 1. The molecule has 0 N–H and O–H groups in total. The highest BCUT2D eigenvalue weighted by atomic mass is 35.5. The van der Waals surface area contributed by atoms with Gasteiger partial charge in [0, 0.05) is 18.7 Å². The minimum absolute atomic E-state index is 0.0157. The van der Waals surface area contributed by atoms with Crippen molar-refractivity contribution in [2.24, 2.45) is 5.92 Å². The molecule has 6 heteroatoms. The van der Waals surface area contributed by atoms with E-state index < -0.39 is 0 Å². The lowest BCUT2D eigenvalue weighted by atomic mass is 10.1. The summed E-state index contributed by atoms with van der Waals surface area (Å²) in [5, 5.41) is 0.529. The highest BCUT2D eigenvalue weighted by Gasteiger charge is 2.29. The average Bonchev–Trinajstić information content (AvgIpc) is 2.96. The van der Waals surface area contributed by atoms with Crippen molar-refractivity contribution < 1.29 is 19.0 Å². The third-order valence-corrected chi connectivity index (χ3v) is 4.91. The molecular formula is C21H24ClNO4. The van der Waals surface area contributed by atoms with Crippen LogP contribution in [0, 0.1) is 5.92 Å². The van der Waals surface area contributed by atoms with Crippen LogP contribution < -0.4 is 9.47 Å². The number of amides is 1. The van der Waals surface area contributed by atoms with E-state index in [0.717, 1.165) is 16.9 Å². The first kappa shape index (κ1) is 19.5. The molecule has 0 aliphatic carbocycles. The van der Waals surface area contributed by atoms with Gasteiger partial charge in [0.25, 0.3) is 5.91 Å². The zero-order valence-corrected chi connectivity index (χ0v) is 16.6. The van der Waals surface area contributed by atoms with Gasteiger partial charge in [-0.15, -0.1) is 0 Å². The molecule has 5 nitrogen and oxygen atoms in total. The first-order valence-electron chi connectivity index (χ1n) is 8.88. The summed E-state index contributed by atoms with van der Waals surface area (Å²) in [6, 6.07) is 11.4. The first-order valence-corrected chi connectivity index (χ1v) is 9.26. The lowest BCUT2D eigenvalue weighted by Crippen LogP contribution is -2.30. The van der Waals surface area contributed by atoms with Crippen LogP contribution in [0.1, 0.15) is 28.4 Å². The number of hydrogen-bond donors (Lipinski definition) is 0. The predicted octanol–water partition coefficient (Wildman–Crippen LogP) is 4.17. The molecule has 0 unspecified atom stereocenters. The van der Waals surface area contributed by atoms with Gasteiger partial charge in [0.2, 0.25) is 0 Å². The van der Waals surface area contributed by atoms with Crippen LogP contribution in [0.3, 0.4) is 0 Å². The van der Waals surface area contributed by atoms with Gasteiger partial charge in [-0.25, -0.2) is 0 Å². The van der Waals surface area contributed by atoms with Crippen molar-refractivity contribution >= 4 is 17.5 Å². The average molecular weight is 390 g/mol. The molecule has 0 spiro atoms. The van der Waals surface area contributed by atoms with E-state index >= 15 is 0 Å². The van der Waals surface area contributed by atoms with Crippen molar-refractivity contribution in [1.29, 1.82) is 0 Å². The van der Waals surface area contributed by atoms with Crippen molar-refractivity contribution in [1.82, 2.24) is 4.90 Å². The van der Waals surface area contributed by atoms with Gasteiger partial charge in [-0.3, -0.25) is 4.79 Å². The lowest BCUT2D eigenvalue weighted by molar-refractivity contribution is 0.0613. The number of rotatable bonds is 8. The highest BCUT2D eigenvalue weighted by Crippen LogP contribution is 2.33. The van der Waals surface area contributed by atoms with Crippen molar-refractivity contribution in [3.63, 3.8) is 0 Å².